The molecule has 1 amide bonds. The molecule has 2 aliphatic rings. The molecule has 2 aromatic heterocycles. The summed E-state index contributed by atoms with van der Waals surface area (Å²) in [5.74, 6) is 1.55. The largest absolute Gasteiger partial charge is 0.338 e. The Kier molecular flexibility index (Phi) is 5.23. The minimum absolute atomic E-state index is 0.00477. The number of aromatic nitrogens is 4. The maximum Gasteiger partial charge on any atom is 0.238 e. The zero-order chi connectivity index (χ0) is 21.3. The van der Waals surface area contributed by atoms with Gasteiger partial charge < -0.3 is 9.84 Å². The van der Waals surface area contributed by atoms with Crippen molar-refractivity contribution in [2.75, 3.05) is 25.0 Å². The van der Waals surface area contributed by atoms with E-state index in [2.05, 4.69) is 49.4 Å². The molecular formula is C23H26N6O2. The summed E-state index contributed by atoms with van der Waals surface area (Å²) in [6.45, 7) is 4.10. The second kappa shape index (κ2) is 8.19. The number of hydrogen-bond donors (Lipinski definition) is 1. The third kappa shape index (κ3) is 3.83. The van der Waals surface area contributed by atoms with Crippen LogP contribution in [0.5, 0.6) is 0 Å². The van der Waals surface area contributed by atoms with E-state index >= 15 is 0 Å². The van der Waals surface area contributed by atoms with Gasteiger partial charge in [-0.15, -0.1) is 0 Å². The average molecular weight is 419 g/mol. The number of benzene rings is 1. The molecule has 1 saturated carbocycles. The van der Waals surface area contributed by atoms with Gasteiger partial charge >= 0.3 is 0 Å². The molecule has 2 atom stereocenters. The Morgan fingerprint density at radius 1 is 1.29 bits per heavy atom. The minimum Gasteiger partial charge on any atom is -0.338 e. The van der Waals surface area contributed by atoms with Crippen molar-refractivity contribution in [1.29, 1.82) is 0 Å². The van der Waals surface area contributed by atoms with Crippen molar-refractivity contribution >= 4 is 11.6 Å². The number of anilines is 1. The lowest BCUT2D eigenvalue weighted by Gasteiger charge is -2.24. The summed E-state index contributed by atoms with van der Waals surface area (Å²) in [5, 5.41) is 7.17. The van der Waals surface area contributed by atoms with Crippen LogP contribution in [0, 0.1) is 5.92 Å². The van der Waals surface area contributed by atoms with Gasteiger partial charge in [-0.3, -0.25) is 14.7 Å². The molecule has 31 heavy (non-hydrogen) atoms. The van der Waals surface area contributed by atoms with Crippen LogP contribution in [0.25, 0.3) is 11.5 Å². The first-order valence-corrected chi connectivity index (χ1v) is 10.9. The van der Waals surface area contributed by atoms with Gasteiger partial charge in [0.2, 0.25) is 17.6 Å². The number of nitrogens with zero attached hydrogens (tertiary/aromatic N) is 5. The van der Waals surface area contributed by atoms with E-state index in [0.29, 0.717) is 29.9 Å². The number of hydrogen-bond acceptors (Lipinski definition) is 7. The van der Waals surface area contributed by atoms with Crippen molar-refractivity contribution < 1.29 is 9.32 Å². The second-order valence-electron chi connectivity index (χ2n) is 8.53. The molecule has 8 nitrogen and oxygen atoms in total. The summed E-state index contributed by atoms with van der Waals surface area (Å²) in [5.41, 5.74) is 2.51. The summed E-state index contributed by atoms with van der Waals surface area (Å²) in [6.07, 6.45) is 9.10. The van der Waals surface area contributed by atoms with Crippen LogP contribution in [0.15, 0.2) is 47.4 Å². The number of rotatable bonds is 6. The van der Waals surface area contributed by atoms with Gasteiger partial charge in [0.05, 0.1) is 18.2 Å². The first-order chi connectivity index (χ1) is 15.2. The fraction of sp³-hybridized carbons (Fsp3) is 0.435. The van der Waals surface area contributed by atoms with Gasteiger partial charge in [0.25, 0.3) is 0 Å². The van der Waals surface area contributed by atoms with Crippen molar-refractivity contribution in [1.82, 2.24) is 25.0 Å². The molecule has 5 rings (SSSR count). The Morgan fingerprint density at radius 3 is 2.94 bits per heavy atom. The lowest BCUT2D eigenvalue weighted by atomic mass is 9.80. The predicted octanol–water partition coefficient (Wildman–Crippen LogP) is 3.08. The van der Waals surface area contributed by atoms with Crippen LogP contribution in [0.2, 0.25) is 0 Å². The monoisotopic (exact) mass is 418 g/mol. The number of carbonyl (C=O) groups excluding carboxylic acids is 1. The third-order valence-electron chi connectivity index (χ3n) is 6.60. The standard InChI is InChI=1S/C23H26N6O2/c1-2-16-5-7-18(8-6-16)26-20(30)14-29-13-17-4-3-9-23(17,15-29)22-27-21(28-31-22)19-12-24-10-11-25-19/h5-8,10-12,17H,2-4,9,13-15H2,1H3,(H,26,30)/t17-,23-/m1/s1. The Labute approximate surface area is 181 Å². The molecule has 1 aliphatic heterocycles. The topological polar surface area (TPSA) is 97.0 Å². The molecule has 1 N–H and O–H groups in total. The zero-order valence-electron chi connectivity index (χ0n) is 17.6. The van der Waals surface area contributed by atoms with E-state index in [0.717, 1.165) is 44.5 Å². The molecule has 0 unspecified atom stereocenters. The van der Waals surface area contributed by atoms with E-state index in [1.54, 1.807) is 18.6 Å². The van der Waals surface area contributed by atoms with Gasteiger partial charge in [-0.1, -0.05) is 30.6 Å². The smallest absolute Gasteiger partial charge is 0.238 e. The first-order valence-electron chi connectivity index (χ1n) is 10.9. The van der Waals surface area contributed by atoms with E-state index in [1.807, 2.05) is 12.1 Å². The highest BCUT2D eigenvalue weighted by atomic mass is 16.5. The summed E-state index contributed by atoms with van der Waals surface area (Å²) in [6, 6.07) is 8.02. The van der Waals surface area contributed by atoms with Crippen LogP contribution in [0.3, 0.4) is 0 Å². The average Bonchev–Trinajstić information content (AvgIpc) is 3.49. The van der Waals surface area contributed by atoms with Crippen molar-refractivity contribution in [2.24, 2.45) is 5.92 Å². The Balaban J connectivity index is 1.28. The van der Waals surface area contributed by atoms with Crippen molar-refractivity contribution in [2.45, 2.75) is 38.0 Å². The van der Waals surface area contributed by atoms with E-state index in [1.165, 1.54) is 5.56 Å². The van der Waals surface area contributed by atoms with Crippen LogP contribution >= 0.6 is 0 Å². The molecule has 160 valence electrons. The highest BCUT2D eigenvalue weighted by Gasteiger charge is 2.54. The minimum atomic E-state index is -0.184. The number of aryl methyl sites for hydroxylation is 1. The summed E-state index contributed by atoms with van der Waals surface area (Å²) < 4.78 is 5.72. The molecule has 1 aliphatic carbocycles. The molecule has 1 saturated heterocycles. The van der Waals surface area contributed by atoms with Gasteiger partial charge in [0.1, 0.15) is 5.69 Å². The van der Waals surface area contributed by atoms with Gasteiger partial charge in [0, 0.05) is 31.2 Å². The molecule has 3 aromatic rings. The Morgan fingerprint density at radius 2 is 2.16 bits per heavy atom. The molecule has 2 fully saturated rings. The van der Waals surface area contributed by atoms with E-state index < -0.39 is 0 Å². The number of fused-ring (bicyclic) bond motifs is 1. The Bertz CT molecular complexity index is 1050. The highest BCUT2D eigenvalue weighted by Crippen LogP contribution is 2.50. The van der Waals surface area contributed by atoms with E-state index in [9.17, 15) is 4.79 Å². The van der Waals surface area contributed by atoms with Gasteiger partial charge in [-0.2, -0.15) is 4.98 Å². The lowest BCUT2D eigenvalue weighted by Crippen LogP contribution is -2.35. The number of carbonyl (C=O) groups is 1. The number of amides is 1. The summed E-state index contributed by atoms with van der Waals surface area (Å²) in [4.78, 5) is 27.9. The summed E-state index contributed by atoms with van der Waals surface area (Å²) in [7, 11) is 0. The quantitative estimate of drug-likeness (QED) is 0.657. The SMILES string of the molecule is CCc1ccc(NC(=O)CN2C[C@H]3CCC[C@@]3(c3nc(-c4cnccn4)no3)C2)cc1. The lowest BCUT2D eigenvalue weighted by molar-refractivity contribution is -0.117. The normalized spacial score (nSPS) is 23.1. The summed E-state index contributed by atoms with van der Waals surface area (Å²) >= 11 is 0. The molecule has 1 aromatic carbocycles. The molecular weight excluding hydrogens is 392 g/mol. The number of likely N-dealkylation sites (tertiary alicyclic amines) is 1. The molecule has 0 radical (unpaired) electrons. The van der Waals surface area contributed by atoms with Crippen LogP contribution < -0.4 is 5.32 Å². The van der Waals surface area contributed by atoms with Crippen molar-refractivity contribution in [3.05, 3.63) is 54.3 Å². The molecule has 0 bridgehead atoms. The first kappa shape index (κ1) is 19.8. The molecule has 8 heteroatoms. The van der Waals surface area contributed by atoms with Crippen LogP contribution in [-0.2, 0) is 16.6 Å². The second-order valence-corrected chi connectivity index (χ2v) is 8.53. The van der Waals surface area contributed by atoms with Gasteiger partial charge in [-0.25, -0.2) is 4.98 Å². The third-order valence-corrected chi connectivity index (χ3v) is 6.60. The van der Waals surface area contributed by atoms with Crippen molar-refractivity contribution in [3.63, 3.8) is 0 Å². The zero-order valence-corrected chi connectivity index (χ0v) is 17.6. The van der Waals surface area contributed by atoms with Crippen molar-refractivity contribution in [3.8, 4) is 11.5 Å². The fourth-order valence-corrected chi connectivity index (χ4v) is 5.04. The number of nitrogens with one attached hydrogen (secondary N) is 1. The maximum absolute atomic E-state index is 12.7. The Hall–Kier alpha value is -3.13. The van der Waals surface area contributed by atoms with E-state index in [4.69, 9.17) is 4.52 Å². The maximum atomic E-state index is 12.7. The fourth-order valence-electron chi connectivity index (χ4n) is 5.04. The molecule has 0 spiro atoms. The highest BCUT2D eigenvalue weighted by molar-refractivity contribution is 5.92. The van der Waals surface area contributed by atoms with Crippen LogP contribution in [0.4, 0.5) is 5.69 Å². The van der Waals surface area contributed by atoms with Crippen LogP contribution in [-0.4, -0.2) is 50.5 Å². The van der Waals surface area contributed by atoms with E-state index in [-0.39, 0.29) is 11.3 Å². The van der Waals surface area contributed by atoms with Gasteiger partial charge in [-0.05, 0) is 42.9 Å². The van der Waals surface area contributed by atoms with Crippen LogP contribution in [0.1, 0.15) is 37.6 Å². The predicted molar refractivity (Wildman–Crippen MR) is 115 cm³/mol. The molecule has 3 heterocycles. The van der Waals surface area contributed by atoms with Gasteiger partial charge in [0.15, 0.2) is 0 Å².